The maximum Gasteiger partial charge on any atom is 0.407 e. The number of carbonyl (C=O) groups is 2. The second-order valence-electron chi connectivity index (χ2n) is 7.54. The van der Waals surface area contributed by atoms with Crippen LogP contribution in [0.3, 0.4) is 0 Å². The number of aliphatic carboxylic acids is 1. The van der Waals surface area contributed by atoms with E-state index in [1.54, 1.807) is 0 Å². The summed E-state index contributed by atoms with van der Waals surface area (Å²) in [5.41, 5.74) is 0. The molecule has 2 aliphatic rings. The maximum atomic E-state index is 11.8. The lowest BCUT2D eigenvalue weighted by molar-refractivity contribution is -0.138. The molecule has 9 heteroatoms. The summed E-state index contributed by atoms with van der Waals surface area (Å²) in [6.07, 6.45) is 3.78. The van der Waals surface area contributed by atoms with Crippen LogP contribution in [0.2, 0.25) is 0 Å². The number of carbonyl (C=O) groups excluding carboxylic acids is 1. The summed E-state index contributed by atoms with van der Waals surface area (Å²) in [4.78, 5) is 22.1. The van der Waals surface area contributed by atoms with Gasteiger partial charge in [-0.2, -0.15) is 0 Å². The van der Waals surface area contributed by atoms with E-state index in [2.05, 4.69) is 17.2 Å². The Morgan fingerprint density at radius 1 is 0.806 bits per heavy atom. The van der Waals surface area contributed by atoms with Gasteiger partial charge in [-0.3, -0.25) is 4.79 Å². The van der Waals surface area contributed by atoms with Crippen LogP contribution in [0.25, 0.3) is 0 Å². The molecule has 176 valence electrons. The Balaban J connectivity index is 1.29. The molecule has 0 aromatic carbocycles. The van der Waals surface area contributed by atoms with Crippen molar-refractivity contribution in [3.8, 4) is 11.8 Å². The van der Waals surface area contributed by atoms with E-state index < -0.39 is 5.97 Å². The molecule has 0 saturated heterocycles. The van der Waals surface area contributed by atoms with Gasteiger partial charge < -0.3 is 34.1 Å². The predicted molar refractivity (Wildman–Crippen MR) is 112 cm³/mol. The summed E-state index contributed by atoms with van der Waals surface area (Å²) in [5.74, 6) is 7.34. The normalized spacial score (nSPS) is 21.7. The molecule has 0 unspecified atom stereocenters. The number of hydrogen-bond acceptors (Lipinski definition) is 7. The van der Waals surface area contributed by atoms with Gasteiger partial charge in [0.1, 0.15) is 0 Å². The molecule has 0 aromatic heterocycles. The van der Waals surface area contributed by atoms with Gasteiger partial charge in [0.05, 0.1) is 65.9 Å². The summed E-state index contributed by atoms with van der Waals surface area (Å²) >= 11 is 0. The van der Waals surface area contributed by atoms with E-state index in [-0.39, 0.29) is 19.1 Å². The molecule has 0 aromatic rings. The van der Waals surface area contributed by atoms with Gasteiger partial charge in [0.25, 0.3) is 0 Å². The quantitative estimate of drug-likeness (QED) is 0.259. The van der Waals surface area contributed by atoms with Crippen molar-refractivity contribution in [2.24, 2.45) is 17.8 Å². The summed E-state index contributed by atoms with van der Waals surface area (Å²) in [6, 6.07) is 0. The van der Waals surface area contributed by atoms with Gasteiger partial charge in [-0.05, 0) is 30.6 Å². The highest BCUT2D eigenvalue weighted by molar-refractivity contribution is 5.67. The molecule has 2 rings (SSSR count). The number of alkyl carbamates (subject to hydrolysis) is 1. The van der Waals surface area contributed by atoms with E-state index in [1.165, 1.54) is 0 Å². The number of rotatable bonds is 17. The van der Waals surface area contributed by atoms with Crippen molar-refractivity contribution in [3.63, 3.8) is 0 Å². The van der Waals surface area contributed by atoms with Crippen molar-refractivity contribution in [1.82, 2.24) is 5.32 Å². The minimum atomic E-state index is -0.875. The molecule has 0 bridgehead atoms. The summed E-state index contributed by atoms with van der Waals surface area (Å²) in [6.45, 7) is 4.00. The minimum absolute atomic E-state index is 0.00267. The monoisotopic (exact) mass is 441 g/mol. The molecule has 0 heterocycles. The molecule has 31 heavy (non-hydrogen) atoms. The number of carboxylic acids is 1. The van der Waals surface area contributed by atoms with Gasteiger partial charge in [-0.25, -0.2) is 4.79 Å². The van der Waals surface area contributed by atoms with E-state index in [9.17, 15) is 9.59 Å². The van der Waals surface area contributed by atoms with Gasteiger partial charge in [-0.1, -0.05) is 0 Å². The van der Waals surface area contributed by atoms with Crippen molar-refractivity contribution in [2.45, 2.75) is 32.1 Å². The SMILES string of the molecule is O=C(O)CCOCCOCCOCCOCCNC(=O)OC[C@@H]1[C@@H]2CCC#CCC[C@@H]21. The van der Waals surface area contributed by atoms with E-state index in [4.69, 9.17) is 28.8 Å². The predicted octanol–water partition coefficient (Wildman–Crippen LogP) is 1.69. The van der Waals surface area contributed by atoms with Crippen LogP contribution in [0.15, 0.2) is 0 Å². The summed E-state index contributed by atoms with van der Waals surface area (Å²) in [7, 11) is 0. The lowest BCUT2D eigenvalue weighted by atomic mass is 10.1. The molecule has 0 radical (unpaired) electrons. The van der Waals surface area contributed by atoms with Crippen molar-refractivity contribution in [1.29, 1.82) is 0 Å². The number of nitrogens with one attached hydrogen (secondary N) is 1. The van der Waals surface area contributed by atoms with Gasteiger partial charge in [0.15, 0.2) is 0 Å². The maximum absolute atomic E-state index is 11.8. The van der Waals surface area contributed by atoms with E-state index in [0.29, 0.717) is 77.2 Å². The van der Waals surface area contributed by atoms with Crippen LogP contribution in [-0.2, 0) is 28.5 Å². The lowest BCUT2D eigenvalue weighted by Gasteiger charge is -2.08. The van der Waals surface area contributed by atoms with Crippen LogP contribution in [-0.4, -0.2) is 83.2 Å². The van der Waals surface area contributed by atoms with Gasteiger partial charge in [0.2, 0.25) is 0 Å². The average molecular weight is 442 g/mol. The van der Waals surface area contributed by atoms with Crippen molar-refractivity contribution >= 4 is 12.1 Å². The second-order valence-corrected chi connectivity index (χ2v) is 7.54. The van der Waals surface area contributed by atoms with Crippen LogP contribution in [0.1, 0.15) is 32.1 Å². The topological polar surface area (TPSA) is 113 Å². The highest BCUT2D eigenvalue weighted by atomic mass is 16.6. The molecule has 2 aliphatic carbocycles. The van der Waals surface area contributed by atoms with Crippen LogP contribution in [0, 0.1) is 29.6 Å². The third-order valence-electron chi connectivity index (χ3n) is 5.34. The lowest BCUT2D eigenvalue weighted by Crippen LogP contribution is -2.29. The molecule has 1 fully saturated rings. The Morgan fingerprint density at radius 3 is 1.87 bits per heavy atom. The fraction of sp³-hybridized carbons (Fsp3) is 0.818. The zero-order chi connectivity index (χ0) is 22.2. The van der Waals surface area contributed by atoms with Crippen molar-refractivity contribution < 1.29 is 38.4 Å². The third-order valence-corrected chi connectivity index (χ3v) is 5.34. The van der Waals surface area contributed by atoms with Crippen LogP contribution < -0.4 is 5.32 Å². The number of hydrogen-bond donors (Lipinski definition) is 2. The molecule has 0 spiro atoms. The van der Waals surface area contributed by atoms with Crippen molar-refractivity contribution in [3.05, 3.63) is 0 Å². The molecule has 1 amide bonds. The molecule has 3 atom stereocenters. The van der Waals surface area contributed by atoms with Crippen LogP contribution in [0.4, 0.5) is 4.79 Å². The zero-order valence-corrected chi connectivity index (χ0v) is 18.1. The first-order valence-corrected chi connectivity index (χ1v) is 11.1. The van der Waals surface area contributed by atoms with E-state index in [0.717, 1.165) is 25.7 Å². The van der Waals surface area contributed by atoms with E-state index in [1.807, 2.05) is 0 Å². The molecular formula is C22H35NO8. The second kappa shape index (κ2) is 15.9. The Labute approximate surface area is 184 Å². The van der Waals surface area contributed by atoms with Gasteiger partial charge >= 0.3 is 12.1 Å². The fourth-order valence-corrected chi connectivity index (χ4v) is 3.65. The first-order chi connectivity index (χ1) is 15.2. The Bertz CT molecular complexity index is 570. The van der Waals surface area contributed by atoms with Crippen LogP contribution in [0.5, 0.6) is 0 Å². The molecule has 9 nitrogen and oxygen atoms in total. The standard InChI is InChI=1S/C22H35NO8/c24-21(25)7-9-27-11-13-29-15-16-30-14-12-28-10-8-23-22(26)31-17-20-18-5-3-1-2-4-6-19(18)20/h18-20H,3-17H2,(H,23,26)(H,24,25)/t18-,19+,20-. The van der Waals surface area contributed by atoms with Gasteiger partial charge in [-0.15, -0.1) is 11.8 Å². The first-order valence-electron chi connectivity index (χ1n) is 11.1. The van der Waals surface area contributed by atoms with E-state index >= 15 is 0 Å². The Kier molecular flexibility index (Phi) is 13.0. The first kappa shape index (κ1) is 25.4. The Morgan fingerprint density at radius 2 is 1.32 bits per heavy atom. The largest absolute Gasteiger partial charge is 0.481 e. The van der Waals surface area contributed by atoms with Crippen molar-refractivity contribution in [2.75, 3.05) is 66.0 Å². The molecule has 2 N–H and O–H groups in total. The zero-order valence-electron chi connectivity index (χ0n) is 18.1. The smallest absolute Gasteiger partial charge is 0.407 e. The third kappa shape index (κ3) is 11.9. The van der Waals surface area contributed by atoms with Gasteiger partial charge in [0, 0.05) is 19.4 Å². The Hall–Kier alpha value is -1.86. The molecular weight excluding hydrogens is 406 g/mol. The van der Waals surface area contributed by atoms with Crippen LogP contribution >= 0.6 is 0 Å². The minimum Gasteiger partial charge on any atom is -0.481 e. The number of carboxylic acid groups (broad SMARTS) is 1. The highest BCUT2D eigenvalue weighted by Gasteiger charge is 2.49. The number of fused-ring (bicyclic) bond motifs is 1. The average Bonchev–Trinajstić information content (AvgIpc) is 3.38. The summed E-state index contributed by atoms with van der Waals surface area (Å²) in [5, 5.41) is 11.2. The fourth-order valence-electron chi connectivity index (χ4n) is 3.65. The molecule has 1 saturated carbocycles. The highest BCUT2D eigenvalue weighted by Crippen LogP contribution is 2.52. The number of amides is 1. The number of ether oxygens (including phenoxy) is 5. The molecule has 0 aliphatic heterocycles. The summed E-state index contributed by atoms with van der Waals surface area (Å²) < 4.78 is 26.5.